The summed E-state index contributed by atoms with van der Waals surface area (Å²) in [7, 11) is -4.54. The number of nitro groups is 1. The normalized spacial score (nSPS) is 19.0. The Kier molecular flexibility index (Phi) is 7.60. The second-order valence-electron chi connectivity index (χ2n) is 10.2. The standard InChI is InChI=1S/C27H28N6O7S/c1-27(35)11-9-17(10-12-27)14-28-25-22(33(36)37)13-18(15-29-25)41(38,39)32-26(34)19-5-2-3-7-23(19)40-24-8-4-6-21-20(24)16-30-31-21/h2-8,13,15-17,35H,9-12,14H2,1H3,(H,28,29)(H,30,31)(H,32,34). The number of fused-ring (bicyclic) bond motifs is 1. The lowest BCUT2D eigenvalue weighted by Gasteiger charge is -2.33. The van der Waals surface area contributed by atoms with Crippen molar-refractivity contribution in [2.24, 2.45) is 5.92 Å². The highest BCUT2D eigenvalue weighted by atomic mass is 32.2. The second kappa shape index (κ2) is 11.1. The van der Waals surface area contributed by atoms with E-state index < -0.39 is 37.0 Å². The van der Waals surface area contributed by atoms with E-state index in [-0.39, 0.29) is 23.0 Å². The maximum Gasteiger partial charge on any atom is 0.312 e. The van der Waals surface area contributed by atoms with Crippen molar-refractivity contribution in [1.29, 1.82) is 0 Å². The first-order valence-corrected chi connectivity index (χ1v) is 14.4. The van der Waals surface area contributed by atoms with Crippen LogP contribution in [-0.4, -0.2) is 51.7 Å². The minimum Gasteiger partial charge on any atom is -0.456 e. The van der Waals surface area contributed by atoms with Gasteiger partial charge >= 0.3 is 5.69 Å². The highest BCUT2D eigenvalue weighted by molar-refractivity contribution is 7.90. The number of rotatable bonds is 9. The molecule has 41 heavy (non-hydrogen) atoms. The monoisotopic (exact) mass is 580 g/mol. The van der Waals surface area contributed by atoms with Crippen LogP contribution in [0.15, 0.2) is 65.8 Å². The number of benzene rings is 2. The average molecular weight is 581 g/mol. The van der Waals surface area contributed by atoms with Crippen molar-refractivity contribution >= 4 is 38.3 Å². The smallest absolute Gasteiger partial charge is 0.312 e. The fourth-order valence-electron chi connectivity index (χ4n) is 4.73. The molecule has 0 aliphatic heterocycles. The van der Waals surface area contributed by atoms with Gasteiger partial charge in [-0.15, -0.1) is 0 Å². The molecule has 0 radical (unpaired) electrons. The topological polar surface area (TPSA) is 189 Å². The Morgan fingerprint density at radius 3 is 2.66 bits per heavy atom. The van der Waals surface area contributed by atoms with Crippen LogP contribution in [0.1, 0.15) is 43.0 Å². The van der Waals surface area contributed by atoms with Crippen molar-refractivity contribution in [3.05, 3.63) is 76.6 Å². The van der Waals surface area contributed by atoms with Crippen molar-refractivity contribution in [3.8, 4) is 11.5 Å². The molecule has 13 nitrogen and oxygen atoms in total. The number of aromatic nitrogens is 3. The van der Waals surface area contributed by atoms with E-state index in [9.17, 15) is 28.4 Å². The van der Waals surface area contributed by atoms with Crippen molar-refractivity contribution in [3.63, 3.8) is 0 Å². The van der Waals surface area contributed by atoms with Gasteiger partial charge in [0.25, 0.3) is 15.9 Å². The van der Waals surface area contributed by atoms with Gasteiger partial charge in [0, 0.05) is 12.6 Å². The van der Waals surface area contributed by atoms with Crippen LogP contribution in [0.2, 0.25) is 0 Å². The van der Waals surface area contributed by atoms with E-state index in [1.165, 1.54) is 12.1 Å². The number of carbonyl (C=O) groups is 1. The number of para-hydroxylation sites is 1. The molecule has 2 aromatic carbocycles. The first-order chi connectivity index (χ1) is 19.5. The van der Waals surface area contributed by atoms with Gasteiger partial charge < -0.3 is 15.2 Å². The summed E-state index contributed by atoms with van der Waals surface area (Å²) in [6.07, 6.45) is 5.26. The van der Waals surface area contributed by atoms with E-state index in [0.717, 1.165) is 25.1 Å². The molecular weight excluding hydrogens is 552 g/mol. The van der Waals surface area contributed by atoms with Crippen LogP contribution in [0.25, 0.3) is 10.9 Å². The van der Waals surface area contributed by atoms with Crippen LogP contribution in [0.4, 0.5) is 11.5 Å². The molecule has 0 spiro atoms. The Bertz CT molecular complexity index is 1710. The largest absolute Gasteiger partial charge is 0.456 e. The van der Waals surface area contributed by atoms with Gasteiger partial charge in [-0.05, 0) is 62.8 Å². The number of hydrogen-bond donors (Lipinski definition) is 4. The van der Waals surface area contributed by atoms with E-state index in [0.29, 0.717) is 36.0 Å². The average Bonchev–Trinajstić information content (AvgIpc) is 3.42. The van der Waals surface area contributed by atoms with E-state index in [2.05, 4.69) is 20.5 Å². The van der Waals surface area contributed by atoms with Crippen LogP contribution in [0.5, 0.6) is 11.5 Å². The molecule has 0 bridgehead atoms. The Balaban J connectivity index is 1.32. The quantitative estimate of drug-likeness (QED) is 0.165. The lowest BCUT2D eigenvalue weighted by Crippen LogP contribution is -2.32. The number of sulfonamides is 1. The molecule has 0 atom stereocenters. The molecule has 4 aromatic rings. The van der Waals surface area contributed by atoms with E-state index in [1.807, 2.05) is 4.72 Å². The highest BCUT2D eigenvalue weighted by Crippen LogP contribution is 2.33. The Labute approximate surface area is 235 Å². The third kappa shape index (κ3) is 6.28. The molecule has 0 saturated heterocycles. The Hall–Kier alpha value is -4.56. The number of aliphatic hydroxyl groups is 1. The number of nitrogens with zero attached hydrogens (tertiary/aromatic N) is 3. The maximum atomic E-state index is 13.1. The van der Waals surface area contributed by atoms with Gasteiger partial charge in [-0.25, -0.2) is 18.1 Å². The van der Waals surface area contributed by atoms with Crippen LogP contribution < -0.4 is 14.8 Å². The third-order valence-corrected chi connectivity index (χ3v) is 8.41. The molecule has 14 heteroatoms. The summed E-state index contributed by atoms with van der Waals surface area (Å²) in [6, 6.07) is 12.2. The molecule has 1 fully saturated rings. The lowest BCUT2D eigenvalue weighted by atomic mass is 9.80. The Morgan fingerprint density at radius 2 is 1.90 bits per heavy atom. The van der Waals surface area contributed by atoms with Gasteiger partial charge in [0.05, 0.1) is 39.4 Å². The third-order valence-electron chi connectivity index (χ3n) is 7.11. The minimum absolute atomic E-state index is 0.0659. The maximum absolute atomic E-state index is 13.1. The lowest BCUT2D eigenvalue weighted by molar-refractivity contribution is -0.384. The molecule has 1 aliphatic rings. The summed E-state index contributed by atoms with van der Waals surface area (Å²) in [5.74, 6) is -0.382. The number of H-pyrrole nitrogens is 1. The Morgan fingerprint density at radius 1 is 1.17 bits per heavy atom. The fourth-order valence-corrected chi connectivity index (χ4v) is 5.66. The molecular formula is C27H28N6O7S. The first-order valence-electron chi connectivity index (χ1n) is 12.9. The summed E-state index contributed by atoms with van der Waals surface area (Å²) >= 11 is 0. The summed E-state index contributed by atoms with van der Waals surface area (Å²) in [5, 5.41) is 32.3. The number of ether oxygens (including phenoxy) is 1. The second-order valence-corrected chi connectivity index (χ2v) is 11.9. The zero-order valence-electron chi connectivity index (χ0n) is 22.0. The molecule has 4 N–H and O–H groups in total. The van der Waals surface area contributed by atoms with Gasteiger partial charge in [-0.1, -0.05) is 18.2 Å². The molecule has 5 rings (SSSR count). The number of aromatic amines is 1. The number of carbonyl (C=O) groups excluding carboxylic acids is 1. The number of hydrogen-bond acceptors (Lipinski definition) is 10. The van der Waals surface area contributed by atoms with Crippen molar-refractivity contribution < 1.29 is 28.0 Å². The molecule has 2 heterocycles. The van der Waals surface area contributed by atoms with Crippen LogP contribution in [0.3, 0.4) is 0 Å². The molecule has 1 aliphatic carbocycles. The highest BCUT2D eigenvalue weighted by Gasteiger charge is 2.30. The van der Waals surface area contributed by atoms with Crippen LogP contribution in [0, 0.1) is 16.0 Å². The molecule has 2 aromatic heterocycles. The van der Waals surface area contributed by atoms with Crippen molar-refractivity contribution in [1.82, 2.24) is 19.9 Å². The van der Waals surface area contributed by atoms with Gasteiger partial charge in [0.1, 0.15) is 16.4 Å². The molecule has 1 amide bonds. The number of pyridine rings is 1. The summed E-state index contributed by atoms with van der Waals surface area (Å²) < 4.78 is 34.1. The predicted molar refractivity (Wildman–Crippen MR) is 149 cm³/mol. The summed E-state index contributed by atoms with van der Waals surface area (Å²) in [4.78, 5) is 27.6. The number of anilines is 1. The van der Waals surface area contributed by atoms with Gasteiger partial charge in [-0.3, -0.25) is 20.0 Å². The van der Waals surface area contributed by atoms with E-state index in [4.69, 9.17) is 4.74 Å². The number of amides is 1. The number of nitrogens with one attached hydrogen (secondary N) is 3. The zero-order valence-corrected chi connectivity index (χ0v) is 22.8. The SMILES string of the molecule is CC1(O)CCC(CNc2ncc(S(=O)(=O)NC(=O)c3ccccc3Oc3cccc4[nH]ncc34)cc2[N+](=O)[O-])CC1. The molecule has 1 saturated carbocycles. The van der Waals surface area contributed by atoms with Crippen LogP contribution in [-0.2, 0) is 10.0 Å². The zero-order chi connectivity index (χ0) is 29.2. The van der Waals surface area contributed by atoms with Crippen molar-refractivity contribution in [2.75, 3.05) is 11.9 Å². The minimum atomic E-state index is -4.54. The van der Waals surface area contributed by atoms with Crippen LogP contribution >= 0.6 is 0 Å². The van der Waals surface area contributed by atoms with E-state index >= 15 is 0 Å². The summed E-state index contributed by atoms with van der Waals surface area (Å²) in [6.45, 7) is 2.17. The van der Waals surface area contributed by atoms with Gasteiger partial charge in [0.2, 0.25) is 5.82 Å². The van der Waals surface area contributed by atoms with Crippen molar-refractivity contribution in [2.45, 2.75) is 43.1 Å². The molecule has 214 valence electrons. The summed E-state index contributed by atoms with van der Waals surface area (Å²) in [5.41, 5.74) is -0.600. The molecule has 0 unspecified atom stereocenters. The van der Waals surface area contributed by atoms with Gasteiger partial charge in [0.15, 0.2) is 0 Å². The fraction of sp³-hybridized carbons (Fsp3) is 0.296. The predicted octanol–water partition coefficient (Wildman–Crippen LogP) is 4.13. The van der Waals surface area contributed by atoms with E-state index in [1.54, 1.807) is 43.5 Å². The first kappa shape index (κ1) is 28.0. The van der Waals surface area contributed by atoms with Gasteiger partial charge in [-0.2, -0.15) is 5.10 Å².